The summed E-state index contributed by atoms with van der Waals surface area (Å²) < 4.78 is 6.31. The lowest BCUT2D eigenvalue weighted by Crippen LogP contribution is -2.10. The molecule has 5 rings (SSSR count). The number of nitrogens with zero attached hydrogens (tertiary/aromatic N) is 4. The minimum atomic E-state index is 0.547. The van der Waals surface area contributed by atoms with Gasteiger partial charge in [0, 0.05) is 28.6 Å². The molecule has 2 aromatic heterocycles. The summed E-state index contributed by atoms with van der Waals surface area (Å²) in [5, 5.41) is 14.6. The van der Waals surface area contributed by atoms with Gasteiger partial charge in [0.05, 0.1) is 0 Å². The third-order valence-corrected chi connectivity index (χ3v) is 6.17. The minimum Gasteiger partial charge on any atom is -0.488 e. The third kappa shape index (κ3) is 4.00. The van der Waals surface area contributed by atoms with Gasteiger partial charge >= 0.3 is 0 Å². The summed E-state index contributed by atoms with van der Waals surface area (Å²) in [4.78, 5) is 4.83. The maximum absolute atomic E-state index is 6.31. The van der Waals surface area contributed by atoms with Crippen molar-refractivity contribution in [2.75, 3.05) is 0 Å². The molecule has 0 amide bonds. The summed E-state index contributed by atoms with van der Waals surface area (Å²) in [6.07, 6.45) is 5.49. The highest BCUT2D eigenvalue weighted by molar-refractivity contribution is 5.82. The van der Waals surface area contributed by atoms with Gasteiger partial charge in [0.2, 0.25) is 5.82 Å². The van der Waals surface area contributed by atoms with Crippen molar-refractivity contribution in [2.45, 2.75) is 52.6 Å². The monoisotopic (exact) mass is 425 g/mol. The first-order chi connectivity index (χ1) is 15.7. The first-order valence-corrected chi connectivity index (χ1v) is 11.3. The van der Waals surface area contributed by atoms with Crippen LogP contribution in [0.15, 0.2) is 48.5 Å². The van der Waals surface area contributed by atoms with Crippen LogP contribution in [0.4, 0.5) is 0 Å². The van der Waals surface area contributed by atoms with Crippen molar-refractivity contribution < 1.29 is 4.74 Å². The number of fused-ring (bicyclic) bond motifs is 1. The standard InChI is InChI=1S/C26H27N5O/c1-3-20-15-24(21-8-4-5-10-23(21)27-20)32-16-18-11-13-19(14-12-18)25-17(2)7-6-9-22(25)26-28-30-31-29-26/h6-7,9,11-15H,3-5,8,10,16H2,1-2H3,(H,28,29,30,31). The Labute approximate surface area is 188 Å². The number of ether oxygens (including phenoxy) is 1. The van der Waals surface area contributed by atoms with E-state index in [0.717, 1.165) is 53.0 Å². The van der Waals surface area contributed by atoms with Crippen molar-refractivity contribution in [1.82, 2.24) is 25.6 Å². The van der Waals surface area contributed by atoms with E-state index in [1.165, 1.54) is 29.7 Å². The zero-order chi connectivity index (χ0) is 21.9. The number of pyridine rings is 1. The average molecular weight is 426 g/mol. The lowest BCUT2D eigenvalue weighted by molar-refractivity contribution is 0.300. The van der Waals surface area contributed by atoms with Crippen LogP contribution in [0.5, 0.6) is 5.75 Å². The molecule has 1 aliphatic rings. The number of rotatable bonds is 6. The number of hydrogen-bond acceptors (Lipinski definition) is 5. The Morgan fingerprint density at radius 1 is 1.03 bits per heavy atom. The molecule has 0 bridgehead atoms. The predicted molar refractivity (Wildman–Crippen MR) is 124 cm³/mol. The molecular weight excluding hydrogens is 398 g/mol. The fraction of sp³-hybridized carbons (Fsp3) is 0.308. The number of H-pyrrole nitrogens is 1. The van der Waals surface area contributed by atoms with Crippen LogP contribution in [0.3, 0.4) is 0 Å². The van der Waals surface area contributed by atoms with Gasteiger partial charge in [-0.25, -0.2) is 0 Å². The van der Waals surface area contributed by atoms with Gasteiger partial charge < -0.3 is 4.74 Å². The summed E-state index contributed by atoms with van der Waals surface area (Å²) in [5.74, 6) is 1.61. The van der Waals surface area contributed by atoms with E-state index in [4.69, 9.17) is 9.72 Å². The Bertz CT molecular complexity index is 1220. The number of aromatic nitrogens is 5. The molecule has 2 heterocycles. The van der Waals surface area contributed by atoms with Crippen LogP contribution in [0.1, 0.15) is 47.8 Å². The van der Waals surface area contributed by atoms with Crippen LogP contribution in [-0.2, 0) is 25.9 Å². The third-order valence-electron chi connectivity index (χ3n) is 6.17. The molecule has 6 nitrogen and oxygen atoms in total. The van der Waals surface area contributed by atoms with Crippen LogP contribution < -0.4 is 4.74 Å². The summed E-state index contributed by atoms with van der Waals surface area (Å²) >= 11 is 0. The van der Waals surface area contributed by atoms with E-state index in [0.29, 0.717) is 12.4 Å². The Kier molecular flexibility index (Phi) is 5.67. The van der Waals surface area contributed by atoms with Gasteiger partial charge in [0.15, 0.2) is 0 Å². The average Bonchev–Trinajstić information content (AvgIpc) is 3.37. The number of tetrazole rings is 1. The van der Waals surface area contributed by atoms with Crippen molar-refractivity contribution in [3.63, 3.8) is 0 Å². The Hall–Kier alpha value is -3.54. The van der Waals surface area contributed by atoms with Crippen molar-refractivity contribution in [2.24, 2.45) is 0 Å². The molecule has 1 N–H and O–H groups in total. The second-order valence-electron chi connectivity index (χ2n) is 8.32. The summed E-state index contributed by atoms with van der Waals surface area (Å²) in [7, 11) is 0. The second kappa shape index (κ2) is 8.91. The van der Waals surface area contributed by atoms with Crippen LogP contribution in [0.2, 0.25) is 0 Å². The van der Waals surface area contributed by atoms with Gasteiger partial charge in [-0.3, -0.25) is 4.98 Å². The summed E-state index contributed by atoms with van der Waals surface area (Å²) in [5.41, 5.74) is 9.18. The zero-order valence-corrected chi connectivity index (χ0v) is 18.6. The summed E-state index contributed by atoms with van der Waals surface area (Å²) in [6, 6.07) is 16.8. The number of aromatic amines is 1. The van der Waals surface area contributed by atoms with E-state index >= 15 is 0 Å². The SMILES string of the molecule is CCc1cc(OCc2ccc(-c3c(C)cccc3-c3nn[nH]n3)cc2)c2c(n1)CCCC2. The van der Waals surface area contributed by atoms with Gasteiger partial charge in [-0.05, 0) is 66.5 Å². The largest absolute Gasteiger partial charge is 0.488 e. The number of benzene rings is 2. The first kappa shape index (κ1) is 20.4. The molecule has 0 atom stereocenters. The van der Waals surface area contributed by atoms with Gasteiger partial charge in [0.1, 0.15) is 12.4 Å². The molecule has 4 aromatic rings. The highest BCUT2D eigenvalue weighted by Crippen LogP contribution is 2.34. The molecule has 0 fully saturated rings. The van der Waals surface area contributed by atoms with Gasteiger partial charge in [-0.1, -0.05) is 49.4 Å². The highest BCUT2D eigenvalue weighted by atomic mass is 16.5. The van der Waals surface area contributed by atoms with E-state index < -0.39 is 0 Å². The number of hydrogen-bond donors (Lipinski definition) is 1. The van der Waals surface area contributed by atoms with Crippen LogP contribution in [-0.4, -0.2) is 25.6 Å². The molecule has 6 heteroatoms. The molecule has 0 saturated carbocycles. The first-order valence-electron chi connectivity index (χ1n) is 11.3. The van der Waals surface area contributed by atoms with Crippen molar-refractivity contribution in [1.29, 1.82) is 0 Å². The van der Waals surface area contributed by atoms with Gasteiger partial charge in [0.25, 0.3) is 0 Å². The lowest BCUT2D eigenvalue weighted by atomic mass is 9.94. The summed E-state index contributed by atoms with van der Waals surface area (Å²) in [6.45, 7) is 4.80. The molecule has 162 valence electrons. The molecule has 0 aliphatic heterocycles. The maximum Gasteiger partial charge on any atom is 0.205 e. The minimum absolute atomic E-state index is 0.547. The highest BCUT2D eigenvalue weighted by Gasteiger charge is 2.17. The van der Waals surface area contributed by atoms with E-state index in [1.54, 1.807) is 0 Å². The molecule has 0 radical (unpaired) electrons. The van der Waals surface area contributed by atoms with Crippen LogP contribution >= 0.6 is 0 Å². The van der Waals surface area contributed by atoms with E-state index in [9.17, 15) is 0 Å². The van der Waals surface area contributed by atoms with E-state index in [-0.39, 0.29) is 0 Å². The molecule has 1 aliphatic carbocycles. The topological polar surface area (TPSA) is 76.6 Å². The van der Waals surface area contributed by atoms with Crippen LogP contribution in [0, 0.1) is 6.92 Å². The van der Waals surface area contributed by atoms with Crippen molar-refractivity contribution in [3.05, 3.63) is 76.6 Å². The Balaban J connectivity index is 1.39. The van der Waals surface area contributed by atoms with E-state index in [1.807, 2.05) is 12.1 Å². The molecule has 32 heavy (non-hydrogen) atoms. The van der Waals surface area contributed by atoms with Gasteiger partial charge in [-0.2, -0.15) is 5.21 Å². The van der Waals surface area contributed by atoms with Crippen LogP contribution in [0.25, 0.3) is 22.5 Å². The quantitative estimate of drug-likeness (QED) is 0.456. The Morgan fingerprint density at radius 3 is 2.66 bits per heavy atom. The maximum atomic E-state index is 6.31. The number of aryl methyl sites for hydroxylation is 3. The molecular formula is C26H27N5O. The number of nitrogens with one attached hydrogen (secondary N) is 1. The smallest absolute Gasteiger partial charge is 0.205 e. The fourth-order valence-electron chi connectivity index (χ4n) is 4.47. The predicted octanol–water partition coefficient (Wildman–Crippen LogP) is 5.26. The molecule has 2 aromatic carbocycles. The Morgan fingerprint density at radius 2 is 1.88 bits per heavy atom. The fourth-order valence-corrected chi connectivity index (χ4v) is 4.47. The van der Waals surface area contributed by atoms with Crippen molar-refractivity contribution in [3.8, 4) is 28.3 Å². The normalized spacial score (nSPS) is 13.1. The van der Waals surface area contributed by atoms with Crippen molar-refractivity contribution >= 4 is 0 Å². The van der Waals surface area contributed by atoms with E-state index in [2.05, 4.69) is 70.9 Å². The van der Waals surface area contributed by atoms with Gasteiger partial charge in [-0.15, -0.1) is 10.2 Å². The molecule has 0 saturated heterocycles. The second-order valence-corrected chi connectivity index (χ2v) is 8.32. The molecule has 0 unspecified atom stereocenters. The lowest BCUT2D eigenvalue weighted by Gasteiger charge is -2.20. The zero-order valence-electron chi connectivity index (χ0n) is 18.6. The molecule has 0 spiro atoms.